The van der Waals surface area contributed by atoms with E-state index in [-0.39, 0.29) is 5.56 Å². The zero-order valence-corrected chi connectivity index (χ0v) is 11.6. The first-order chi connectivity index (χ1) is 9.93. The van der Waals surface area contributed by atoms with Crippen LogP contribution in [0.5, 0.6) is 5.75 Å². The third-order valence-corrected chi connectivity index (χ3v) is 3.86. The summed E-state index contributed by atoms with van der Waals surface area (Å²) in [6.45, 7) is 0. The first-order valence-electron chi connectivity index (χ1n) is 5.69. The van der Waals surface area contributed by atoms with Crippen LogP contribution in [0.15, 0.2) is 23.0 Å². The molecule has 0 atom stereocenters. The van der Waals surface area contributed by atoms with Gasteiger partial charge in [-0.1, -0.05) is 6.07 Å². The van der Waals surface area contributed by atoms with Crippen LogP contribution in [0.4, 0.5) is 5.69 Å². The number of hydrogen-bond donors (Lipinski definition) is 1. The van der Waals surface area contributed by atoms with Crippen molar-refractivity contribution >= 4 is 29.2 Å². The van der Waals surface area contributed by atoms with Gasteiger partial charge in [0, 0.05) is 19.2 Å². The average Bonchev–Trinajstić information content (AvgIpc) is 2.69. The number of phenolic OH excluding ortho intramolecular Hbond substituents is 1. The van der Waals surface area contributed by atoms with Crippen LogP contribution in [-0.2, 0) is 7.05 Å². The topological polar surface area (TPSA) is 109 Å². The number of hydrogen-bond acceptors (Lipinski definition) is 6. The molecule has 8 heteroatoms. The predicted molar refractivity (Wildman–Crippen MR) is 77.2 cm³/mol. The SMILES string of the molecule is Cn1c(=O)/c(=C\c2ccc(O)c([N+](=O)[O-])c2)s/c1=C\C#N. The molecule has 0 saturated heterocycles. The van der Waals surface area contributed by atoms with Gasteiger partial charge in [0.15, 0.2) is 5.75 Å². The Balaban J connectivity index is 2.66. The van der Waals surface area contributed by atoms with Crippen molar-refractivity contribution in [3.8, 4) is 11.8 Å². The molecule has 2 rings (SSSR count). The Hall–Kier alpha value is -2.92. The van der Waals surface area contributed by atoms with E-state index in [2.05, 4.69) is 0 Å². The van der Waals surface area contributed by atoms with Gasteiger partial charge in [0.2, 0.25) is 0 Å². The van der Waals surface area contributed by atoms with Gasteiger partial charge in [-0.15, -0.1) is 11.3 Å². The maximum Gasteiger partial charge on any atom is 0.311 e. The highest BCUT2D eigenvalue weighted by Crippen LogP contribution is 2.26. The molecule has 0 radical (unpaired) electrons. The second kappa shape index (κ2) is 5.60. The van der Waals surface area contributed by atoms with Crippen molar-refractivity contribution in [3.63, 3.8) is 0 Å². The van der Waals surface area contributed by atoms with E-state index in [9.17, 15) is 20.0 Å². The molecular weight excluding hydrogens is 294 g/mol. The lowest BCUT2D eigenvalue weighted by Crippen LogP contribution is -2.28. The molecule has 1 aromatic carbocycles. The van der Waals surface area contributed by atoms with Crippen molar-refractivity contribution in [2.45, 2.75) is 0 Å². The van der Waals surface area contributed by atoms with Crippen LogP contribution >= 0.6 is 11.3 Å². The fourth-order valence-corrected chi connectivity index (χ4v) is 2.67. The first-order valence-corrected chi connectivity index (χ1v) is 6.50. The summed E-state index contributed by atoms with van der Waals surface area (Å²) in [5, 5.41) is 28.8. The third-order valence-electron chi connectivity index (χ3n) is 2.74. The average molecular weight is 303 g/mol. The number of nitro groups is 1. The second-order valence-electron chi connectivity index (χ2n) is 4.09. The number of benzene rings is 1. The minimum atomic E-state index is -0.700. The summed E-state index contributed by atoms with van der Waals surface area (Å²) in [4.78, 5) is 22.0. The van der Waals surface area contributed by atoms with Gasteiger partial charge in [-0.25, -0.2) is 0 Å². The van der Waals surface area contributed by atoms with Crippen molar-refractivity contribution in [3.05, 3.63) is 53.4 Å². The molecule has 0 aliphatic heterocycles. The Labute approximate surface area is 122 Å². The molecule has 1 heterocycles. The Morgan fingerprint density at radius 2 is 2.24 bits per heavy atom. The Morgan fingerprint density at radius 1 is 1.52 bits per heavy atom. The Bertz CT molecular complexity index is 934. The Morgan fingerprint density at radius 3 is 2.86 bits per heavy atom. The highest BCUT2D eigenvalue weighted by molar-refractivity contribution is 7.07. The standard InChI is InChI=1S/C13H9N3O4S/c1-15-12(4-5-14)21-11(13(15)18)7-8-2-3-10(17)9(6-8)16(19)20/h2-4,6-7,17H,1H3/b11-7+,12-4-. The molecule has 7 nitrogen and oxygen atoms in total. The summed E-state index contributed by atoms with van der Waals surface area (Å²) in [6.07, 6.45) is 2.73. The number of nitriles is 1. The van der Waals surface area contributed by atoms with E-state index in [1.54, 1.807) is 7.05 Å². The van der Waals surface area contributed by atoms with Gasteiger partial charge < -0.3 is 9.67 Å². The van der Waals surface area contributed by atoms with Gasteiger partial charge in [0.1, 0.15) is 4.66 Å². The smallest absolute Gasteiger partial charge is 0.311 e. The maximum absolute atomic E-state index is 12.0. The van der Waals surface area contributed by atoms with Crippen molar-refractivity contribution in [1.29, 1.82) is 5.26 Å². The lowest BCUT2D eigenvalue weighted by Gasteiger charge is -1.96. The minimum Gasteiger partial charge on any atom is -0.502 e. The summed E-state index contributed by atoms with van der Waals surface area (Å²) in [6, 6.07) is 5.70. The first kappa shape index (κ1) is 14.5. The van der Waals surface area contributed by atoms with Gasteiger partial charge in [-0.05, 0) is 17.7 Å². The van der Waals surface area contributed by atoms with Crippen molar-refractivity contribution in [2.24, 2.45) is 7.05 Å². The van der Waals surface area contributed by atoms with Crippen molar-refractivity contribution in [2.75, 3.05) is 0 Å². The van der Waals surface area contributed by atoms with Crippen LogP contribution in [0.3, 0.4) is 0 Å². The van der Waals surface area contributed by atoms with Crippen LogP contribution in [-0.4, -0.2) is 14.6 Å². The Kier molecular flexibility index (Phi) is 3.86. The summed E-state index contributed by atoms with van der Waals surface area (Å²) in [5.41, 5.74) is -0.305. The summed E-state index contributed by atoms with van der Waals surface area (Å²) >= 11 is 1.11. The van der Waals surface area contributed by atoms with Gasteiger partial charge in [-0.3, -0.25) is 14.9 Å². The second-order valence-corrected chi connectivity index (χ2v) is 5.15. The molecule has 1 aromatic heterocycles. The number of thiazole rings is 1. The summed E-state index contributed by atoms with van der Waals surface area (Å²) < 4.78 is 2.16. The number of aromatic nitrogens is 1. The van der Waals surface area contributed by atoms with Crippen LogP contribution in [0.1, 0.15) is 5.56 Å². The molecule has 1 N–H and O–H groups in total. The van der Waals surface area contributed by atoms with Crippen LogP contribution in [0.2, 0.25) is 0 Å². The number of phenols is 1. The van der Waals surface area contributed by atoms with E-state index in [1.165, 1.54) is 34.9 Å². The molecule has 0 fully saturated rings. The molecule has 0 aliphatic rings. The van der Waals surface area contributed by atoms with Crippen molar-refractivity contribution in [1.82, 2.24) is 4.57 Å². The summed E-state index contributed by atoms with van der Waals surface area (Å²) in [7, 11) is 1.54. The number of nitrogens with zero attached hydrogens (tertiary/aromatic N) is 3. The number of nitro benzene ring substituents is 1. The fraction of sp³-hybridized carbons (Fsp3) is 0.0769. The highest BCUT2D eigenvalue weighted by atomic mass is 32.1. The molecule has 106 valence electrons. The fourth-order valence-electron chi connectivity index (χ4n) is 1.69. The van der Waals surface area contributed by atoms with E-state index in [0.29, 0.717) is 14.8 Å². The summed E-state index contributed by atoms with van der Waals surface area (Å²) in [5.74, 6) is -0.435. The zero-order chi connectivity index (χ0) is 15.6. The molecule has 0 aliphatic carbocycles. The van der Waals surface area contributed by atoms with Crippen molar-refractivity contribution < 1.29 is 10.0 Å². The third kappa shape index (κ3) is 2.82. The quantitative estimate of drug-likeness (QED) is 0.629. The molecule has 2 aromatic rings. The normalized spacial score (nSPS) is 12.4. The maximum atomic E-state index is 12.0. The molecule has 0 amide bonds. The lowest BCUT2D eigenvalue weighted by molar-refractivity contribution is -0.385. The molecule has 0 unspecified atom stereocenters. The minimum absolute atomic E-state index is 0.294. The molecule has 0 saturated carbocycles. The monoisotopic (exact) mass is 303 g/mol. The van der Waals surface area contributed by atoms with Gasteiger partial charge in [0.25, 0.3) is 5.56 Å². The van der Waals surface area contributed by atoms with E-state index in [1.807, 2.05) is 6.07 Å². The van der Waals surface area contributed by atoms with E-state index < -0.39 is 16.4 Å². The van der Waals surface area contributed by atoms with Gasteiger partial charge in [-0.2, -0.15) is 5.26 Å². The van der Waals surface area contributed by atoms with Gasteiger partial charge in [0.05, 0.1) is 15.5 Å². The predicted octanol–water partition coefficient (Wildman–Crippen LogP) is 0.193. The molecule has 21 heavy (non-hydrogen) atoms. The zero-order valence-electron chi connectivity index (χ0n) is 10.8. The van der Waals surface area contributed by atoms with E-state index >= 15 is 0 Å². The van der Waals surface area contributed by atoms with E-state index in [0.717, 1.165) is 11.3 Å². The van der Waals surface area contributed by atoms with E-state index in [4.69, 9.17) is 5.26 Å². The molecule has 0 bridgehead atoms. The number of rotatable bonds is 2. The molecular formula is C13H9N3O4S. The largest absolute Gasteiger partial charge is 0.502 e. The highest BCUT2D eigenvalue weighted by Gasteiger charge is 2.12. The molecule has 0 spiro atoms. The lowest BCUT2D eigenvalue weighted by atomic mass is 10.2. The van der Waals surface area contributed by atoms with Crippen LogP contribution in [0, 0.1) is 21.4 Å². The van der Waals surface area contributed by atoms with Crippen LogP contribution in [0.25, 0.3) is 12.2 Å². The number of aromatic hydroxyl groups is 1. The van der Waals surface area contributed by atoms with Gasteiger partial charge >= 0.3 is 5.69 Å². The van der Waals surface area contributed by atoms with Crippen LogP contribution < -0.4 is 14.8 Å².